The Morgan fingerprint density at radius 2 is 1.78 bits per heavy atom. The first-order valence-corrected chi connectivity index (χ1v) is 6.69. The van der Waals surface area contributed by atoms with Crippen LogP contribution in [0.1, 0.15) is 10.5 Å². The van der Waals surface area contributed by atoms with Gasteiger partial charge >= 0.3 is 5.97 Å². The molecule has 0 saturated heterocycles. The van der Waals surface area contributed by atoms with Crippen molar-refractivity contribution in [2.24, 2.45) is 0 Å². The van der Waals surface area contributed by atoms with Crippen molar-refractivity contribution in [1.82, 2.24) is 15.0 Å². The quantitative estimate of drug-likeness (QED) is 0.801. The molecule has 0 fully saturated rings. The predicted molar refractivity (Wildman–Crippen MR) is 80.3 cm³/mol. The lowest BCUT2D eigenvalue weighted by Gasteiger charge is -2.08. The van der Waals surface area contributed by atoms with E-state index in [1.807, 2.05) is 0 Å². The Labute approximate surface area is 130 Å². The van der Waals surface area contributed by atoms with Gasteiger partial charge in [-0.15, -0.1) is 5.10 Å². The highest BCUT2D eigenvalue weighted by atomic mass is 19.1. The Hall–Kier alpha value is -3.22. The van der Waals surface area contributed by atoms with Gasteiger partial charge in [-0.1, -0.05) is 5.21 Å². The summed E-state index contributed by atoms with van der Waals surface area (Å²) < 4.78 is 19.6. The minimum absolute atomic E-state index is 0.181. The highest BCUT2D eigenvalue weighted by Gasteiger charge is 2.21. The summed E-state index contributed by atoms with van der Waals surface area (Å²) in [5.74, 6) is -0.936. The van der Waals surface area contributed by atoms with Gasteiger partial charge in [0.05, 0.1) is 12.8 Å². The molecule has 3 aromatic rings. The first kappa shape index (κ1) is 14.7. The fraction of sp³-hybridized carbons (Fsp3) is 0.0625. The largest absolute Gasteiger partial charge is 0.497 e. The molecule has 7 heteroatoms. The second kappa shape index (κ2) is 5.88. The third-order valence-electron chi connectivity index (χ3n) is 3.31. The number of carbonyl (C=O) groups is 1. The van der Waals surface area contributed by atoms with Gasteiger partial charge in [0.1, 0.15) is 17.3 Å². The van der Waals surface area contributed by atoms with E-state index >= 15 is 0 Å². The number of carboxylic acid groups (broad SMARTS) is 1. The molecular formula is C16H12FN3O3. The fourth-order valence-corrected chi connectivity index (χ4v) is 2.20. The van der Waals surface area contributed by atoms with E-state index in [2.05, 4.69) is 10.3 Å². The number of aromatic carboxylic acids is 1. The lowest BCUT2D eigenvalue weighted by molar-refractivity contribution is 0.0691. The van der Waals surface area contributed by atoms with Crippen LogP contribution in [0.5, 0.6) is 5.75 Å². The van der Waals surface area contributed by atoms with E-state index in [9.17, 15) is 14.3 Å². The molecule has 0 radical (unpaired) electrons. The molecule has 3 rings (SSSR count). The third kappa shape index (κ3) is 2.76. The standard InChI is InChI=1S/C16H12FN3O3/c1-23-13-8-2-10(3-9-13)15-14(16(21)22)18-19-20(15)12-6-4-11(17)5-7-12/h2-9H,1H3,(H,21,22). The first-order chi connectivity index (χ1) is 11.1. The number of rotatable bonds is 4. The zero-order chi connectivity index (χ0) is 16.4. The Morgan fingerprint density at radius 3 is 2.35 bits per heavy atom. The van der Waals surface area contributed by atoms with Gasteiger partial charge in [0.2, 0.25) is 0 Å². The fourth-order valence-electron chi connectivity index (χ4n) is 2.20. The summed E-state index contributed by atoms with van der Waals surface area (Å²) in [5, 5.41) is 16.9. The number of aromatic nitrogens is 3. The highest BCUT2D eigenvalue weighted by molar-refractivity contribution is 5.93. The van der Waals surface area contributed by atoms with Crippen LogP contribution >= 0.6 is 0 Å². The van der Waals surface area contributed by atoms with Crippen LogP contribution in [0.4, 0.5) is 4.39 Å². The summed E-state index contributed by atoms with van der Waals surface area (Å²) in [6.07, 6.45) is 0. The molecule has 2 aromatic carbocycles. The predicted octanol–water partition coefficient (Wildman–Crippen LogP) is 2.78. The monoisotopic (exact) mass is 313 g/mol. The van der Waals surface area contributed by atoms with Crippen molar-refractivity contribution in [3.8, 4) is 22.7 Å². The molecule has 0 saturated carbocycles. The van der Waals surface area contributed by atoms with Gasteiger partial charge in [-0.05, 0) is 48.5 Å². The lowest BCUT2D eigenvalue weighted by atomic mass is 10.1. The van der Waals surface area contributed by atoms with Crippen molar-refractivity contribution in [2.45, 2.75) is 0 Å². The van der Waals surface area contributed by atoms with Crippen molar-refractivity contribution in [3.05, 3.63) is 60.0 Å². The van der Waals surface area contributed by atoms with Crippen LogP contribution in [0.2, 0.25) is 0 Å². The molecule has 6 nitrogen and oxygen atoms in total. The molecule has 1 heterocycles. The topological polar surface area (TPSA) is 77.2 Å². The summed E-state index contributed by atoms with van der Waals surface area (Å²) in [6, 6.07) is 12.4. The van der Waals surface area contributed by atoms with Gasteiger partial charge in [0.15, 0.2) is 5.69 Å². The number of hydrogen-bond acceptors (Lipinski definition) is 4. The van der Waals surface area contributed by atoms with Crippen LogP contribution in [0.25, 0.3) is 16.9 Å². The van der Waals surface area contributed by atoms with E-state index in [0.29, 0.717) is 22.7 Å². The van der Waals surface area contributed by atoms with Crippen LogP contribution in [0.15, 0.2) is 48.5 Å². The van der Waals surface area contributed by atoms with E-state index in [1.165, 1.54) is 28.9 Å². The van der Waals surface area contributed by atoms with Crippen LogP contribution < -0.4 is 4.74 Å². The summed E-state index contributed by atoms with van der Waals surface area (Å²) >= 11 is 0. The van der Waals surface area contributed by atoms with Crippen molar-refractivity contribution >= 4 is 5.97 Å². The van der Waals surface area contributed by atoms with Crippen LogP contribution in [-0.2, 0) is 0 Å². The second-order valence-corrected chi connectivity index (χ2v) is 4.71. The average Bonchev–Trinajstić information content (AvgIpc) is 3.01. The Balaban J connectivity index is 2.17. The number of benzene rings is 2. The lowest BCUT2D eigenvalue weighted by Crippen LogP contribution is -2.03. The van der Waals surface area contributed by atoms with Crippen LogP contribution in [0.3, 0.4) is 0 Å². The Bertz CT molecular complexity index is 842. The molecule has 0 aliphatic carbocycles. The van der Waals surface area contributed by atoms with Crippen LogP contribution in [-0.4, -0.2) is 33.2 Å². The molecular weight excluding hydrogens is 301 g/mol. The van der Waals surface area contributed by atoms with E-state index in [0.717, 1.165) is 0 Å². The zero-order valence-corrected chi connectivity index (χ0v) is 12.1. The molecule has 0 spiro atoms. The summed E-state index contributed by atoms with van der Waals surface area (Å²) in [7, 11) is 1.54. The third-order valence-corrected chi connectivity index (χ3v) is 3.31. The highest BCUT2D eigenvalue weighted by Crippen LogP contribution is 2.27. The van der Waals surface area contributed by atoms with Crippen molar-refractivity contribution < 1.29 is 19.0 Å². The molecule has 0 aliphatic heterocycles. The molecule has 1 N–H and O–H groups in total. The molecule has 116 valence electrons. The van der Waals surface area contributed by atoms with Gasteiger partial charge in [-0.2, -0.15) is 0 Å². The van der Waals surface area contributed by atoms with E-state index in [1.54, 1.807) is 31.4 Å². The van der Waals surface area contributed by atoms with Crippen LogP contribution in [0, 0.1) is 5.82 Å². The van der Waals surface area contributed by atoms with E-state index in [-0.39, 0.29) is 5.69 Å². The van der Waals surface area contributed by atoms with Gasteiger partial charge in [0, 0.05) is 5.56 Å². The number of hydrogen-bond donors (Lipinski definition) is 1. The molecule has 0 bridgehead atoms. The molecule has 0 unspecified atom stereocenters. The summed E-state index contributed by atoms with van der Waals surface area (Å²) in [4.78, 5) is 11.4. The van der Waals surface area contributed by atoms with Gasteiger partial charge in [0.25, 0.3) is 0 Å². The van der Waals surface area contributed by atoms with Gasteiger partial charge in [-0.3, -0.25) is 0 Å². The number of nitrogens with zero attached hydrogens (tertiary/aromatic N) is 3. The number of carboxylic acids is 1. The van der Waals surface area contributed by atoms with Crippen molar-refractivity contribution in [3.63, 3.8) is 0 Å². The van der Waals surface area contributed by atoms with Gasteiger partial charge in [-0.25, -0.2) is 13.9 Å². The van der Waals surface area contributed by atoms with E-state index in [4.69, 9.17) is 4.74 Å². The van der Waals surface area contributed by atoms with E-state index < -0.39 is 11.8 Å². The Morgan fingerprint density at radius 1 is 1.13 bits per heavy atom. The average molecular weight is 313 g/mol. The number of halogens is 1. The number of methoxy groups -OCH3 is 1. The molecule has 0 aliphatic rings. The first-order valence-electron chi connectivity index (χ1n) is 6.69. The van der Waals surface area contributed by atoms with Crippen molar-refractivity contribution in [2.75, 3.05) is 7.11 Å². The maximum absolute atomic E-state index is 13.1. The normalized spacial score (nSPS) is 10.5. The minimum atomic E-state index is -1.19. The maximum atomic E-state index is 13.1. The van der Waals surface area contributed by atoms with Gasteiger partial charge < -0.3 is 9.84 Å². The summed E-state index contributed by atoms with van der Waals surface area (Å²) in [5.41, 5.74) is 1.25. The molecule has 1 aromatic heterocycles. The molecule has 0 atom stereocenters. The molecule has 23 heavy (non-hydrogen) atoms. The Kier molecular flexibility index (Phi) is 3.76. The SMILES string of the molecule is COc1ccc(-c2c(C(=O)O)nnn2-c2ccc(F)cc2)cc1. The second-order valence-electron chi connectivity index (χ2n) is 4.71. The smallest absolute Gasteiger partial charge is 0.358 e. The van der Waals surface area contributed by atoms with Crippen molar-refractivity contribution in [1.29, 1.82) is 0 Å². The number of ether oxygens (including phenoxy) is 1. The summed E-state index contributed by atoms with van der Waals surface area (Å²) in [6.45, 7) is 0. The molecule has 0 amide bonds. The maximum Gasteiger partial charge on any atom is 0.358 e. The minimum Gasteiger partial charge on any atom is -0.497 e. The zero-order valence-electron chi connectivity index (χ0n) is 12.1.